The van der Waals surface area contributed by atoms with Gasteiger partial charge in [-0.05, 0) is 26.3 Å². The lowest BCUT2D eigenvalue weighted by atomic mass is 10.0. The van der Waals surface area contributed by atoms with Crippen LogP contribution in [-0.2, 0) is 16.1 Å². The van der Waals surface area contributed by atoms with E-state index < -0.39 is 0 Å². The largest absolute Gasteiger partial charge is 0.465 e. The first-order chi connectivity index (χ1) is 7.24. The van der Waals surface area contributed by atoms with Gasteiger partial charge in [-0.2, -0.15) is 5.10 Å². The van der Waals surface area contributed by atoms with Crippen LogP contribution in [0.1, 0.15) is 38.8 Å². The lowest BCUT2D eigenvalue weighted by molar-refractivity contribution is -0.145. The number of rotatable bonds is 5. The van der Waals surface area contributed by atoms with Gasteiger partial charge in [0.05, 0.1) is 18.2 Å². The van der Waals surface area contributed by atoms with Crippen molar-refractivity contribution < 1.29 is 9.53 Å². The Kier molecular flexibility index (Phi) is 4.34. The zero-order valence-electron chi connectivity index (χ0n) is 9.56. The minimum absolute atomic E-state index is 0.157. The van der Waals surface area contributed by atoms with Gasteiger partial charge in [-0.15, -0.1) is 0 Å². The second-order valence-corrected chi connectivity index (χ2v) is 3.28. The summed E-state index contributed by atoms with van der Waals surface area (Å²) in [5.74, 6) is -0.345. The van der Waals surface area contributed by atoms with Crippen LogP contribution in [-0.4, -0.2) is 22.4 Å². The SMILES string of the molecule is CCOC(=O)C(CC)c1ccnn1CC. The van der Waals surface area contributed by atoms with Crippen molar-refractivity contribution in [2.45, 2.75) is 39.7 Å². The van der Waals surface area contributed by atoms with Crippen LogP contribution < -0.4 is 0 Å². The van der Waals surface area contributed by atoms with E-state index in [1.807, 2.05) is 31.5 Å². The van der Waals surface area contributed by atoms with Crippen molar-refractivity contribution >= 4 is 5.97 Å². The highest BCUT2D eigenvalue weighted by molar-refractivity contribution is 5.77. The van der Waals surface area contributed by atoms with E-state index in [0.717, 1.165) is 18.7 Å². The molecule has 0 aliphatic heterocycles. The van der Waals surface area contributed by atoms with Gasteiger partial charge in [0.1, 0.15) is 0 Å². The Bertz CT molecular complexity index is 320. The summed E-state index contributed by atoms with van der Waals surface area (Å²) >= 11 is 0. The third-order valence-electron chi connectivity index (χ3n) is 2.39. The molecule has 1 unspecified atom stereocenters. The standard InChI is InChI=1S/C11H18N2O2/c1-4-9(11(14)15-6-3)10-7-8-12-13(10)5-2/h7-9H,4-6H2,1-3H3. The Labute approximate surface area is 90.2 Å². The summed E-state index contributed by atoms with van der Waals surface area (Å²) in [6, 6.07) is 1.88. The van der Waals surface area contributed by atoms with Crippen molar-refractivity contribution in [2.75, 3.05) is 6.61 Å². The van der Waals surface area contributed by atoms with E-state index in [9.17, 15) is 4.79 Å². The van der Waals surface area contributed by atoms with Crippen LogP contribution in [0.25, 0.3) is 0 Å². The number of hydrogen-bond donors (Lipinski definition) is 0. The molecule has 4 heteroatoms. The first kappa shape index (κ1) is 11.8. The summed E-state index contributed by atoms with van der Waals surface area (Å²) in [4.78, 5) is 11.7. The van der Waals surface area contributed by atoms with E-state index in [1.54, 1.807) is 6.20 Å². The summed E-state index contributed by atoms with van der Waals surface area (Å²) in [7, 11) is 0. The van der Waals surface area contributed by atoms with Crippen LogP contribution in [0, 0.1) is 0 Å². The van der Waals surface area contributed by atoms with Crippen LogP contribution in [0.5, 0.6) is 0 Å². The molecule has 15 heavy (non-hydrogen) atoms. The second-order valence-electron chi connectivity index (χ2n) is 3.28. The maximum Gasteiger partial charge on any atom is 0.314 e. The third-order valence-corrected chi connectivity index (χ3v) is 2.39. The minimum atomic E-state index is -0.188. The molecule has 1 rings (SSSR count). The summed E-state index contributed by atoms with van der Waals surface area (Å²) in [6.07, 6.45) is 2.46. The number of hydrogen-bond acceptors (Lipinski definition) is 3. The van der Waals surface area contributed by atoms with E-state index in [0.29, 0.717) is 6.61 Å². The van der Waals surface area contributed by atoms with Gasteiger partial charge in [-0.3, -0.25) is 9.48 Å². The fourth-order valence-electron chi connectivity index (χ4n) is 1.64. The highest BCUT2D eigenvalue weighted by Crippen LogP contribution is 2.20. The molecule has 1 heterocycles. The zero-order valence-corrected chi connectivity index (χ0v) is 9.56. The molecule has 0 aliphatic rings. The van der Waals surface area contributed by atoms with Gasteiger partial charge in [-0.25, -0.2) is 0 Å². The van der Waals surface area contributed by atoms with E-state index in [1.165, 1.54) is 0 Å². The van der Waals surface area contributed by atoms with Gasteiger partial charge in [0, 0.05) is 12.7 Å². The van der Waals surface area contributed by atoms with Gasteiger partial charge in [-0.1, -0.05) is 6.92 Å². The molecule has 0 aromatic carbocycles. The average molecular weight is 210 g/mol. The maximum atomic E-state index is 11.7. The first-order valence-electron chi connectivity index (χ1n) is 5.42. The van der Waals surface area contributed by atoms with E-state index in [2.05, 4.69) is 5.10 Å². The van der Waals surface area contributed by atoms with Crippen LogP contribution in [0.2, 0.25) is 0 Å². The van der Waals surface area contributed by atoms with Crippen molar-refractivity contribution in [3.8, 4) is 0 Å². The van der Waals surface area contributed by atoms with Crippen molar-refractivity contribution in [1.29, 1.82) is 0 Å². The molecule has 0 saturated heterocycles. The fourth-order valence-corrected chi connectivity index (χ4v) is 1.64. The van der Waals surface area contributed by atoms with E-state index in [4.69, 9.17) is 4.74 Å². The van der Waals surface area contributed by atoms with E-state index >= 15 is 0 Å². The number of ether oxygens (including phenoxy) is 1. The number of esters is 1. The van der Waals surface area contributed by atoms with Gasteiger partial charge >= 0.3 is 5.97 Å². The summed E-state index contributed by atoms with van der Waals surface area (Å²) in [5, 5.41) is 4.15. The Morgan fingerprint density at radius 3 is 2.80 bits per heavy atom. The molecule has 84 valence electrons. The zero-order chi connectivity index (χ0) is 11.3. The predicted octanol–water partition coefficient (Wildman–Crippen LogP) is 1.96. The molecule has 0 amide bonds. The molecule has 0 saturated carbocycles. The lowest BCUT2D eigenvalue weighted by Crippen LogP contribution is -2.18. The van der Waals surface area contributed by atoms with Crippen molar-refractivity contribution in [2.24, 2.45) is 0 Å². The molecule has 0 bridgehead atoms. The van der Waals surface area contributed by atoms with Gasteiger partial charge in [0.15, 0.2) is 0 Å². The first-order valence-corrected chi connectivity index (χ1v) is 5.42. The number of nitrogens with zero attached hydrogens (tertiary/aromatic N) is 2. The van der Waals surface area contributed by atoms with Crippen molar-refractivity contribution in [3.63, 3.8) is 0 Å². The van der Waals surface area contributed by atoms with Crippen LogP contribution >= 0.6 is 0 Å². The molecule has 1 aromatic rings. The number of carbonyl (C=O) groups excluding carboxylic acids is 1. The molecule has 0 aliphatic carbocycles. The molecule has 1 atom stereocenters. The molecule has 0 spiro atoms. The van der Waals surface area contributed by atoms with Gasteiger partial charge in [0.25, 0.3) is 0 Å². The minimum Gasteiger partial charge on any atom is -0.465 e. The smallest absolute Gasteiger partial charge is 0.314 e. The normalized spacial score (nSPS) is 12.5. The molecule has 4 nitrogen and oxygen atoms in total. The molecule has 0 radical (unpaired) electrons. The molecule has 0 fully saturated rings. The van der Waals surface area contributed by atoms with Gasteiger partial charge < -0.3 is 4.74 Å². The molecular weight excluding hydrogens is 192 g/mol. The second kappa shape index (κ2) is 5.53. The van der Waals surface area contributed by atoms with E-state index in [-0.39, 0.29) is 11.9 Å². The number of aromatic nitrogens is 2. The Morgan fingerprint density at radius 1 is 1.53 bits per heavy atom. The lowest BCUT2D eigenvalue weighted by Gasteiger charge is -2.14. The highest BCUT2D eigenvalue weighted by atomic mass is 16.5. The number of aryl methyl sites for hydroxylation is 1. The molecule has 0 N–H and O–H groups in total. The Balaban J connectivity index is 2.86. The topological polar surface area (TPSA) is 44.1 Å². The van der Waals surface area contributed by atoms with Crippen LogP contribution in [0.3, 0.4) is 0 Å². The predicted molar refractivity (Wildman–Crippen MR) is 57.6 cm³/mol. The molecule has 1 aromatic heterocycles. The summed E-state index contributed by atoms with van der Waals surface area (Å²) < 4.78 is 6.88. The van der Waals surface area contributed by atoms with Crippen LogP contribution in [0.4, 0.5) is 0 Å². The number of carbonyl (C=O) groups is 1. The highest BCUT2D eigenvalue weighted by Gasteiger charge is 2.22. The van der Waals surface area contributed by atoms with Gasteiger partial charge in [0.2, 0.25) is 0 Å². The summed E-state index contributed by atoms with van der Waals surface area (Å²) in [6.45, 7) is 7.01. The Hall–Kier alpha value is -1.32. The summed E-state index contributed by atoms with van der Waals surface area (Å²) in [5.41, 5.74) is 0.943. The average Bonchev–Trinajstić information content (AvgIpc) is 2.67. The van der Waals surface area contributed by atoms with Crippen molar-refractivity contribution in [1.82, 2.24) is 9.78 Å². The quantitative estimate of drug-likeness (QED) is 0.698. The molecular formula is C11H18N2O2. The monoisotopic (exact) mass is 210 g/mol. The fraction of sp³-hybridized carbons (Fsp3) is 0.636. The van der Waals surface area contributed by atoms with Crippen molar-refractivity contribution in [3.05, 3.63) is 18.0 Å². The third kappa shape index (κ3) is 2.58. The Morgan fingerprint density at radius 2 is 2.27 bits per heavy atom. The van der Waals surface area contributed by atoms with Crippen LogP contribution in [0.15, 0.2) is 12.3 Å². The maximum absolute atomic E-state index is 11.7.